The monoisotopic (exact) mass is 484 g/mol. The first-order chi connectivity index (χ1) is 16.8. The van der Waals surface area contributed by atoms with E-state index in [1.807, 2.05) is 31.2 Å². The van der Waals surface area contributed by atoms with Gasteiger partial charge in [-0.2, -0.15) is 0 Å². The first-order valence-corrected chi connectivity index (χ1v) is 12.9. The zero-order valence-electron chi connectivity index (χ0n) is 20.4. The lowest BCUT2D eigenvalue weighted by Crippen LogP contribution is -2.56. The predicted octanol–water partition coefficient (Wildman–Crippen LogP) is 2.21. The summed E-state index contributed by atoms with van der Waals surface area (Å²) in [5, 5.41) is 13.0. The van der Waals surface area contributed by atoms with Crippen LogP contribution < -0.4 is 10.1 Å². The number of ether oxygens (including phenoxy) is 2. The second-order valence-corrected chi connectivity index (χ2v) is 11.2. The third kappa shape index (κ3) is 5.17. The molecule has 6 rings (SSSR count). The lowest BCUT2D eigenvalue weighted by atomic mass is 9.49. The maximum Gasteiger partial charge on any atom is 0.329 e. The maximum absolute atomic E-state index is 13.7. The van der Waals surface area contributed by atoms with Crippen LogP contribution >= 0.6 is 0 Å². The second kappa shape index (κ2) is 9.80. The average molecular weight is 485 g/mol. The zero-order chi connectivity index (χ0) is 24.6. The first kappa shape index (κ1) is 24.1. The van der Waals surface area contributed by atoms with Crippen molar-refractivity contribution in [2.45, 2.75) is 64.0 Å². The topological polar surface area (TPSA) is 105 Å². The minimum atomic E-state index is -0.831. The Balaban J connectivity index is 1.10. The molecule has 2 atom stereocenters. The molecule has 2 amide bonds. The Morgan fingerprint density at radius 2 is 1.77 bits per heavy atom. The fourth-order valence-electron chi connectivity index (χ4n) is 7.29. The van der Waals surface area contributed by atoms with E-state index in [-0.39, 0.29) is 30.8 Å². The smallest absolute Gasteiger partial charge is 0.329 e. The van der Waals surface area contributed by atoms with Gasteiger partial charge in [0.2, 0.25) is 5.91 Å². The standard InChI is InChI=1S/C27H36N2O6/c1-17-3-2-4-22(7-17)34-6-5-28-24(31)16-35-25(32)23-11-21(30)15-29(23)26(33)27-12-18-8-19(13-27)10-20(9-18)14-27/h2-4,7,18-21,23,30H,5-6,8-16H2,1H3,(H,28,31)/t18?,19?,20?,21?,23-,27?/m0/s1. The lowest BCUT2D eigenvalue weighted by molar-refractivity contribution is -0.166. The fourth-order valence-corrected chi connectivity index (χ4v) is 7.29. The number of hydrogen-bond donors (Lipinski definition) is 2. The summed E-state index contributed by atoms with van der Waals surface area (Å²) >= 11 is 0. The fraction of sp³-hybridized carbons (Fsp3) is 0.667. The van der Waals surface area contributed by atoms with E-state index in [0.717, 1.165) is 30.6 Å². The van der Waals surface area contributed by atoms with Gasteiger partial charge in [0.1, 0.15) is 18.4 Å². The van der Waals surface area contributed by atoms with Crippen LogP contribution in [-0.2, 0) is 19.1 Å². The van der Waals surface area contributed by atoms with E-state index >= 15 is 0 Å². The van der Waals surface area contributed by atoms with Crippen molar-refractivity contribution < 1.29 is 29.0 Å². The number of nitrogens with one attached hydrogen (secondary N) is 1. The largest absolute Gasteiger partial charge is 0.492 e. The number of rotatable bonds is 8. The molecular weight excluding hydrogens is 448 g/mol. The number of esters is 1. The lowest BCUT2D eigenvalue weighted by Gasteiger charge is -2.56. The molecule has 1 saturated heterocycles. The molecule has 8 heteroatoms. The van der Waals surface area contributed by atoms with Crippen LogP contribution in [0.5, 0.6) is 5.75 Å². The number of aliphatic hydroxyl groups is 1. The number of nitrogens with zero attached hydrogens (tertiary/aromatic N) is 1. The first-order valence-electron chi connectivity index (χ1n) is 12.9. The van der Waals surface area contributed by atoms with Crippen LogP contribution in [0.4, 0.5) is 0 Å². The summed E-state index contributed by atoms with van der Waals surface area (Å²) in [6.07, 6.45) is 5.79. The Bertz CT molecular complexity index is 943. The number of amides is 2. The molecule has 1 aromatic carbocycles. The minimum absolute atomic E-state index is 0.00727. The van der Waals surface area contributed by atoms with E-state index in [9.17, 15) is 19.5 Å². The van der Waals surface area contributed by atoms with Gasteiger partial charge in [0.15, 0.2) is 6.61 Å². The molecule has 0 spiro atoms. The molecule has 8 nitrogen and oxygen atoms in total. The molecule has 0 radical (unpaired) electrons. The van der Waals surface area contributed by atoms with Crippen molar-refractivity contribution in [1.29, 1.82) is 0 Å². The molecule has 4 aliphatic carbocycles. The molecule has 0 aromatic heterocycles. The molecule has 1 unspecified atom stereocenters. The van der Waals surface area contributed by atoms with Gasteiger partial charge < -0.3 is 24.8 Å². The van der Waals surface area contributed by atoms with Crippen LogP contribution in [0.15, 0.2) is 24.3 Å². The van der Waals surface area contributed by atoms with Gasteiger partial charge in [0, 0.05) is 13.0 Å². The number of carbonyl (C=O) groups is 3. The average Bonchev–Trinajstić information content (AvgIpc) is 3.20. The molecule has 1 aliphatic heterocycles. The van der Waals surface area contributed by atoms with Crippen molar-refractivity contribution in [3.05, 3.63) is 29.8 Å². The Morgan fingerprint density at radius 1 is 1.09 bits per heavy atom. The summed E-state index contributed by atoms with van der Waals surface area (Å²) < 4.78 is 10.9. The molecule has 1 heterocycles. The van der Waals surface area contributed by atoms with Gasteiger partial charge in [-0.15, -0.1) is 0 Å². The summed E-state index contributed by atoms with van der Waals surface area (Å²) in [6.45, 7) is 2.29. The number of benzene rings is 1. The van der Waals surface area contributed by atoms with Crippen LogP contribution in [0.3, 0.4) is 0 Å². The Hall–Kier alpha value is -2.61. The van der Waals surface area contributed by atoms with Crippen LogP contribution in [0.1, 0.15) is 50.5 Å². The van der Waals surface area contributed by atoms with Gasteiger partial charge >= 0.3 is 5.97 Å². The molecule has 190 valence electrons. The van der Waals surface area contributed by atoms with Crippen molar-refractivity contribution in [3.63, 3.8) is 0 Å². The van der Waals surface area contributed by atoms with Crippen molar-refractivity contribution in [3.8, 4) is 5.75 Å². The highest BCUT2D eigenvalue weighted by Crippen LogP contribution is 2.60. The minimum Gasteiger partial charge on any atom is -0.492 e. The van der Waals surface area contributed by atoms with Crippen LogP contribution in [0, 0.1) is 30.1 Å². The third-order valence-electron chi connectivity index (χ3n) is 8.33. The normalized spacial score (nSPS) is 33.0. The van der Waals surface area contributed by atoms with Gasteiger partial charge in [0.25, 0.3) is 5.91 Å². The predicted molar refractivity (Wildman–Crippen MR) is 127 cm³/mol. The number of β-amino-alcohol motifs (C(OH)–C–C–N with tert-alkyl or cyclic N) is 1. The van der Waals surface area contributed by atoms with Gasteiger partial charge in [-0.1, -0.05) is 12.1 Å². The molecule has 4 bridgehead atoms. The molecule has 35 heavy (non-hydrogen) atoms. The van der Waals surface area contributed by atoms with E-state index in [2.05, 4.69) is 5.32 Å². The highest BCUT2D eigenvalue weighted by Gasteiger charge is 2.57. The number of aliphatic hydroxyl groups excluding tert-OH is 1. The highest BCUT2D eigenvalue weighted by atomic mass is 16.5. The SMILES string of the molecule is Cc1cccc(OCCNC(=O)COC(=O)[C@@H]2CC(O)CN2C(=O)C23CC4CC(CC(C4)C2)C3)c1. The molecular formula is C27H36N2O6. The Kier molecular flexibility index (Phi) is 6.75. The van der Waals surface area contributed by atoms with Gasteiger partial charge in [-0.05, 0) is 80.9 Å². The van der Waals surface area contributed by atoms with Crippen molar-refractivity contribution in [2.24, 2.45) is 23.2 Å². The highest BCUT2D eigenvalue weighted by molar-refractivity contribution is 5.90. The summed E-state index contributed by atoms with van der Waals surface area (Å²) in [4.78, 5) is 40.3. The Morgan fingerprint density at radius 3 is 2.43 bits per heavy atom. The van der Waals surface area contributed by atoms with Crippen molar-refractivity contribution >= 4 is 17.8 Å². The molecule has 5 fully saturated rings. The van der Waals surface area contributed by atoms with Crippen LogP contribution in [0.2, 0.25) is 0 Å². The van der Waals surface area contributed by atoms with E-state index in [4.69, 9.17) is 9.47 Å². The zero-order valence-corrected chi connectivity index (χ0v) is 20.4. The number of hydrogen-bond acceptors (Lipinski definition) is 6. The van der Waals surface area contributed by atoms with E-state index in [1.165, 1.54) is 19.3 Å². The second-order valence-electron chi connectivity index (χ2n) is 11.2. The Labute approximate surface area is 206 Å². The van der Waals surface area contributed by atoms with Crippen molar-refractivity contribution in [1.82, 2.24) is 10.2 Å². The summed E-state index contributed by atoms with van der Waals surface area (Å²) in [7, 11) is 0. The van der Waals surface area contributed by atoms with E-state index in [0.29, 0.717) is 24.4 Å². The van der Waals surface area contributed by atoms with Crippen molar-refractivity contribution in [2.75, 3.05) is 26.3 Å². The molecule has 2 N–H and O–H groups in total. The summed E-state index contributed by atoms with van der Waals surface area (Å²) in [6, 6.07) is 6.81. The number of carbonyl (C=O) groups excluding carboxylic acids is 3. The molecule has 1 aromatic rings. The summed E-state index contributed by atoms with van der Waals surface area (Å²) in [5.41, 5.74) is 0.706. The third-order valence-corrected chi connectivity index (χ3v) is 8.33. The van der Waals surface area contributed by atoms with E-state index in [1.54, 1.807) is 4.90 Å². The van der Waals surface area contributed by atoms with Crippen LogP contribution in [0.25, 0.3) is 0 Å². The molecule has 4 saturated carbocycles. The molecule has 5 aliphatic rings. The quantitative estimate of drug-likeness (QED) is 0.433. The van der Waals surface area contributed by atoms with Gasteiger partial charge in [-0.25, -0.2) is 4.79 Å². The van der Waals surface area contributed by atoms with Gasteiger partial charge in [-0.3, -0.25) is 9.59 Å². The van der Waals surface area contributed by atoms with E-state index < -0.39 is 30.6 Å². The van der Waals surface area contributed by atoms with Crippen LogP contribution in [-0.4, -0.2) is 66.2 Å². The maximum atomic E-state index is 13.7. The summed E-state index contributed by atoms with van der Waals surface area (Å²) in [5.74, 6) is 1.53. The van der Waals surface area contributed by atoms with Gasteiger partial charge in [0.05, 0.1) is 18.1 Å². The number of aryl methyl sites for hydroxylation is 1. The number of likely N-dealkylation sites (tertiary alicyclic amines) is 1.